The topological polar surface area (TPSA) is 64.3 Å². The van der Waals surface area contributed by atoms with Crippen LogP contribution in [0.15, 0.2) is 52.3 Å². The monoisotopic (exact) mass is 366 g/mol. The summed E-state index contributed by atoms with van der Waals surface area (Å²) in [6.07, 6.45) is 0. The number of anilines is 1. The van der Waals surface area contributed by atoms with Crippen LogP contribution in [-0.4, -0.2) is 25.7 Å². The van der Waals surface area contributed by atoms with Gasteiger partial charge in [0.2, 0.25) is 5.91 Å². The zero-order valence-corrected chi connectivity index (χ0v) is 15.7. The van der Waals surface area contributed by atoms with E-state index < -0.39 is 6.04 Å². The summed E-state index contributed by atoms with van der Waals surface area (Å²) >= 11 is 1.71. The molecule has 0 aromatic heterocycles. The maximum absolute atomic E-state index is 11.8. The van der Waals surface area contributed by atoms with Crippen LogP contribution in [0.4, 0.5) is 5.69 Å². The van der Waals surface area contributed by atoms with Crippen LogP contribution >= 0.6 is 24.2 Å². The van der Waals surface area contributed by atoms with E-state index >= 15 is 0 Å². The number of methoxy groups -OCH3 is 1. The fourth-order valence-electron chi connectivity index (χ4n) is 2.14. The Balaban J connectivity index is 0.00000288. The predicted molar refractivity (Wildman–Crippen MR) is 102 cm³/mol. The van der Waals surface area contributed by atoms with E-state index in [1.165, 1.54) is 23.1 Å². The first kappa shape index (κ1) is 20.5. The van der Waals surface area contributed by atoms with E-state index in [-0.39, 0.29) is 24.9 Å². The normalized spacial score (nSPS) is 11.5. The van der Waals surface area contributed by atoms with Crippen LogP contribution < -0.4 is 11.1 Å². The Hall–Kier alpha value is -1.53. The van der Waals surface area contributed by atoms with Gasteiger partial charge in [-0.05, 0) is 49.7 Å². The lowest BCUT2D eigenvalue weighted by Gasteiger charge is -2.12. The molecule has 3 N–H and O–H groups in total. The highest BCUT2D eigenvalue weighted by molar-refractivity contribution is 7.99. The van der Waals surface area contributed by atoms with Crippen molar-refractivity contribution in [3.05, 3.63) is 53.6 Å². The van der Waals surface area contributed by atoms with Crippen molar-refractivity contribution < 1.29 is 9.53 Å². The van der Waals surface area contributed by atoms with Crippen molar-refractivity contribution in [2.24, 2.45) is 5.73 Å². The van der Waals surface area contributed by atoms with Crippen LogP contribution in [0.5, 0.6) is 0 Å². The van der Waals surface area contributed by atoms with Crippen molar-refractivity contribution in [2.75, 3.05) is 19.0 Å². The van der Waals surface area contributed by atoms with Crippen molar-refractivity contribution in [1.29, 1.82) is 0 Å². The number of hydrogen-bond acceptors (Lipinski definition) is 4. The van der Waals surface area contributed by atoms with Gasteiger partial charge in [-0.2, -0.15) is 0 Å². The summed E-state index contributed by atoms with van der Waals surface area (Å²) < 4.78 is 4.88. The van der Waals surface area contributed by atoms with E-state index in [4.69, 9.17) is 10.5 Å². The molecule has 24 heavy (non-hydrogen) atoms. The second-order valence-corrected chi connectivity index (χ2v) is 6.56. The van der Waals surface area contributed by atoms with Gasteiger partial charge in [-0.3, -0.25) is 4.79 Å². The van der Waals surface area contributed by atoms with E-state index in [1.807, 2.05) is 24.3 Å². The molecule has 1 unspecified atom stereocenters. The Labute approximate surface area is 153 Å². The molecule has 0 aliphatic carbocycles. The van der Waals surface area contributed by atoms with Crippen LogP contribution in [0.25, 0.3) is 0 Å². The number of rotatable bonds is 6. The van der Waals surface area contributed by atoms with Crippen molar-refractivity contribution in [3.63, 3.8) is 0 Å². The molecule has 4 nitrogen and oxygen atoms in total. The quantitative estimate of drug-likeness (QED) is 0.816. The van der Waals surface area contributed by atoms with Gasteiger partial charge in [0.15, 0.2) is 0 Å². The molecule has 2 aromatic carbocycles. The van der Waals surface area contributed by atoms with Crippen molar-refractivity contribution in [3.8, 4) is 0 Å². The van der Waals surface area contributed by atoms with Gasteiger partial charge in [0, 0.05) is 22.6 Å². The molecule has 0 saturated carbocycles. The van der Waals surface area contributed by atoms with Crippen molar-refractivity contribution in [1.82, 2.24) is 0 Å². The number of amides is 1. The summed E-state index contributed by atoms with van der Waals surface area (Å²) in [5, 5.41) is 2.78. The zero-order valence-electron chi connectivity index (χ0n) is 14.0. The average Bonchev–Trinajstić information content (AvgIpc) is 2.52. The fourth-order valence-corrected chi connectivity index (χ4v) is 3.02. The number of hydrogen-bond donors (Lipinski definition) is 2. The average molecular weight is 367 g/mol. The van der Waals surface area contributed by atoms with Crippen molar-refractivity contribution in [2.45, 2.75) is 29.7 Å². The fraction of sp³-hybridized carbons (Fsp3) is 0.278. The van der Waals surface area contributed by atoms with Crippen LogP contribution in [0.1, 0.15) is 11.1 Å². The molecule has 0 saturated heterocycles. The van der Waals surface area contributed by atoms with Gasteiger partial charge < -0.3 is 15.8 Å². The molecule has 0 radical (unpaired) electrons. The van der Waals surface area contributed by atoms with Crippen LogP contribution in [-0.2, 0) is 9.53 Å². The first-order valence-electron chi connectivity index (χ1n) is 7.40. The Bertz CT molecular complexity index is 677. The summed E-state index contributed by atoms with van der Waals surface area (Å²) in [7, 11) is 1.52. The minimum atomic E-state index is -0.663. The molecule has 0 bridgehead atoms. The second kappa shape index (κ2) is 9.69. The van der Waals surface area contributed by atoms with Crippen LogP contribution in [0.2, 0.25) is 0 Å². The van der Waals surface area contributed by atoms with Crippen LogP contribution in [0.3, 0.4) is 0 Å². The third kappa shape index (κ3) is 5.83. The minimum absolute atomic E-state index is 0. The third-order valence-corrected chi connectivity index (χ3v) is 4.55. The molecule has 0 heterocycles. The molecule has 1 atom stereocenters. The zero-order chi connectivity index (χ0) is 16.8. The molecular weight excluding hydrogens is 344 g/mol. The molecular formula is C18H23ClN2O2S. The minimum Gasteiger partial charge on any atom is -0.383 e. The largest absolute Gasteiger partial charge is 0.383 e. The van der Waals surface area contributed by atoms with E-state index in [0.29, 0.717) is 0 Å². The molecule has 6 heteroatoms. The summed E-state index contributed by atoms with van der Waals surface area (Å²) in [6, 6.07) is 13.5. The molecule has 1 amide bonds. The summed E-state index contributed by atoms with van der Waals surface area (Å²) in [6.45, 7) is 4.40. The highest BCUT2D eigenvalue weighted by Gasteiger charge is 2.13. The van der Waals surface area contributed by atoms with E-state index in [9.17, 15) is 4.79 Å². The third-order valence-electron chi connectivity index (χ3n) is 3.36. The lowest BCUT2D eigenvalue weighted by Crippen LogP contribution is -2.39. The summed E-state index contributed by atoms with van der Waals surface area (Å²) in [5.74, 6) is -0.248. The number of carbonyl (C=O) groups is 1. The second-order valence-electron chi connectivity index (χ2n) is 5.45. The number of nitrogens with one attached hydrogen (secondary N) is 1. The number of halogens is 1. The van der Waals surface area contributed by atoms with Gasteiger partial charge in [0.1, 0.15) is 6.04 Å². The van der Waals surface area contributed by atoms with Gasteiger partial charge in [-0.15, -0.1) is 12.4 Å². The van der Waals surface area contributed by atoms with Gasteiger partial charge in [-0.25, -0.2) is 0 Å². The predicted octanol–water partition coefficient (Wildman–Crippen LogP) is 3.79. The van der Waals surface area contributed by atoms with Crippen LogP contribution in [0, 0.1) is 13.8 Å². The number of ether oxygens (including phenoxy) is 1. The Morgan fingerprint density at radius 1 is 1.21 bits per heavy atom. The highest BCUT2D eigenvalue weighted by Crippen LogP contribution is 2.31. The van der Waals surface area contributed by atoms with E-state index in [1.54, 1.807) is 11.8 Å². The summed E-state index contributed by atoms with van der Waals surface area (Å²) in [4.78, 5) is 14.2. The lowest BCUT2D eigenvalue weighted by atomic mass is 10.2. The van der Waals surface area contributed by atoms with Gasteiger partial charge in [-0.1, -0.05) is 29.5 Å². The van der Waals surface area contributed by atoms with Gasteiger partial charge in [0.25, 0.3) is 0 Å². The van der Waals surface area contributed by atoms with E-state index in [2.05, 4.69) is 37.4 Å². The molecule has 0 spiro atoms. The smallest absolute Gasteiger partial charge is 0.243 e. The molecule has 130 valence electrons. The summed E-state index contributed by atoms with van der Waals surface area (Å²) in [5.41, 5.74) is 8.95. The molecule has 2 aromatic rings. The number of benzene rings is 2. The van der Waals surface area contributed by atoms with Gasteiger partial charge >= 0.3 is 0 Å². The molecule has 0 fully saturated rings. The maximum Gasteiger partial charge on any atom is 0.243 e. The number of aryl methyl sites for hydroxylation is 2. The number of nitrogens with two attached hydrogens (primary N) is 1. The molecule has 0 aliphatic heterocycles. The Kier molecular flexibility index (Phi) is 8.28. The lowest BCUT2D eigenvalue weighted by molar-refractivity contribution is -0.118. The first-order chi connectivity index (χ1) is 11.0. The SMILES string of the molecule is COCC(N)C(=O)Nc1ccc(Sc2ccc(C)cc2C)cc1.Cl. The maximum atomic E-state index is 11.8. The Morgan fingerprint density at radius 3 is 2.46 bits per heavy atom. The molecule has 2 rings (SSSR count). The highest BCUT2D eigenvalue weighted by atomic mass is 35.5. The number of carbonyl (C=O) groups excluding carboxylic acids is 1. The van der Waals surface area contributed by atoms with Crippen molar-refractivity contribution >= 4 is 35.8 Å². The van der Waals surface area contributed by atoms with E-state index in [0.717, 1.165) is 10.6 Å². The Morgan fingerprint density at radius 2 is 1.88 bits per heavy atom. The first-order valence-corrected chi connectivity index (χ1v) is 8.22. The molecule has 0 aliphatic rings. The van der Waals surface area contributed by atoms with Gasteiger partial charge in [0.05, 0.1) is 6.61 Å². The standard InChI is InChI=1S/C18H22N2O2S.ClH/c1-12-4-9-17(13(2)10-12)23-15-7-5-14(6-8-15)20-18(21)16(19)11-22-3;/h4-10,16H,11,19H2,1-3H3,(H,20,21);1H.